The highest BCUT2D eigenvalue weighted by Crippen LogP contribution is 2.27. The molecule has 0 saturated carbocycles. The van der Waals surface area contributed by atoms with Crippen molar-refractivity contribution >= 4 is 11.6 Å². The normalized spacial score (nSPS) is 10.5. The highest BCUT2D eigenvalue weighted by atomic mass is 35.5. The van der Waals surface area contributed by atoms with Crippen molar-refractivity contribution in [1.82, 2.24) is 5.16 Å². The van der Waals surface area contributed by atoms with Crippen molar-refractivity contribution in [1.29, 1.82) is 0 Å². The maximum Gasteiger partial charge on any atom is 0.167 e. The average Bonchev–Trinajstić information content (AvgIpc) is 2.89. The Morgan fingerprint density at radius 2 is 1.61 bits per heavy atom. The summed E-state index contributed by atoms with van der Waals surface area (Å²) in [7, 11) is 0. The largest absolute Gasteiger partial charge is 0.356 e. The lowest BCUT2D eigenvalue weighted by Crippen LogP contribution is -1.75. The van der Waals surface area contributed by atoms with Gasteiger partial charge in [-0.3, -0.25) is 0 Å². The fourth-order valence-electron chi connectivity index (χ4n) is 1.80. The van der Waals surface area contributed by atoms with Crippen molar-refractivity contribution in [2.24, 2.45) is 0 Å². The maximum absolute atomic E-state index is 5.96. The number of halogens is 1. The van der Waals surface area contributed by atoms with E-state index in [9.17, 15) is 0 Å². The summed E-state index contributed by atoms with van der Waals surface area (Å²) >= 11 is 5.96. The Kier molecular flexibility index (Phi) is 2.87. The van der Waals surface area contributed by atoms with Crippen LogP contribution in [0, 0.1) is 0 Å². The lowest BCUT2D eigenvalue weighted by Gasteiger charge is -1.95. The molecule has 0 N–H and O–H groups in total. The summed E-state index contributed by atoms with van der Waals surface area (Å²) in [6.07, 6.45) is 0. The molecule has 0 aliphatic heterocycles. The van der Waals surface area contributed by atoms with Crippen molar-refractivity contribution in [3.05, 3.63) is 65.7 Å². The fourth-order valence-corrected chi connectivity index (χ4v) is 1.99. The summed E-state index contributed by atoms with van der Waals surface area (Å²) < 4.78 is 5.35. The molecule has 0 fully saturated rings. The third-order valence-corrected chi connectivity index (χ3v) is 2.92. The first-order valence-corrected chi connectivity index (χ1v) is 5.99. The molecule has 0 unspecified atom stereocenters. The number of rotatable bonds is 2. The zero-order chi connectivity index (χ0) is 12.4. The van der Waals surface area contributed by atoms with E-state index in [1.807, 2.05) is 60.7 Å². The summed E-state index contributed by atoms with van der Waals surface area (Å²) in [5.74, 6) is 0.755. The Morgan fingerprint density at radius 1 is 0.833 bits per heavy atom. The lowest BCUT2D eigenvalue weighted by molar-refractivity contribution is 0.435. The van der Waals surface area contributed by atoms with Crippen LogP contribution in [0.15, 0.2) is 65.2 Å². The van der Waals surface area contributed by atoms with Crippen LogP contribution in [0.4, 0.5) is 0 Å². The van der Waals surface area contributed by atoms with Crippen molar-refractivity contribution in [2.45, 2.75) is 0 Å². The first-order chi connectivity index (χ1) is 8.83. The van der Waals surface area contributed by atoms with Crippen LogP contribution in [0.1, 0.15) is 0 Å². The number of hydrogen-bond acceptors (Lipinski definition) is 2. The summed E-state index contributed by atoms with van der Waals surface area (Å²) in [4.78, 5) is 0. The van der Waals surface area contributed by atoms with Gasteiger partial charge in [-0.15, -0.1) is 0 Å². The van der Waals surface area contributed by atoms with Crippen LogP contribution in [0.2, 0.25) is 5.02 Å². The van der Waals surface area contributed by atoms with Gasteiger partial charge in [0.2, 0.25) is 0 Å². The first kappa shape index (κ1) is 11.1. The van der Waals surface area contributed by atoms with Crippen LogP contribution in [-0.2, 0) is 0 Å². The van der Waals surface area contributed by atoms with Gasteiger partial charge in [0.25, 0.3) is 0 Å². The van der Waals surface area contributed by atoms with Crippen LogP contribution in [0.5, 0.6) is 0 Å². The van der Waals surface area contributed by atoms with Gasteiger partial charge < -0.3 is 4.52 Å². The number of nitrogens with zero attached hydrogens (tertiary/aromatic N) is 1. The lowest BCUT2D eigenvalue weighted by atomic mass is 10.1. The predicted octanol–water partition coefficient (Wildman–Crippen LogP) is 4.66. The second-order valence-electron chi connectivity index (χ2n) is 3.95. The molecule has 0 aliphatic rings. The van der Waals surface area contributed by atoms with E-state index in [4.69, 9.17) is 16.1 Å². The van der Waals surface area contributed by atoms with Gasteiger partial charge in [0, 0.05) is 22.2 Å². The second kappa shape index (κ2) is 4.67. The molecule has 0 amide bonds. The molecule has 2 nitrogen and oxygen atoms in total. The second-order valence-corrected chi connectivity index (χ2v) is 4.39. The van der Waals surface area contributed by atoms with Gasteiger partial charge in [0.15, 0.2) is 5.76 Å². The number of aromatic nitrogens is 1. The summed E-state index contributed by atoms with van der Waals surface area (Å²) in [5.41, 5.74) is 2.75. The quantitative estimate of drug-likeness (QED) is 0.665. The van der Waals surface area contributed by atoms with Gasteiger partial charge in [-0.2, -0.15) is 0 Å². The minimum absolute atomic E-state index is 0.691. The third kappa shape index (κ3) is 2.15. The van der Waals surface area contributed by atoms with E-state index in [2.05, 4.69) is 5.16 Å². The molecule has 0 saturated heterocycles. The Balaban J connectivity index is 2.00. The molecule has 1 aromatic heterocycles. The average molecular weight is 256 g/mol. The van der Waals surface area contributed by atoms with Crippen molar-refractivity contribution in [3.63, 3.8) is 0 Å². The van der Waals surface area contributed by atoms with E-state index in [0.717, 1.165) is 22.6 Å². The molecule has 1 heterocycles. The van der Waals surface area contributed by atoms with E-state index in [-0.39, 0.29) is 0 Å². The van der Waals surface area contributed by atoms with Gasteiger partial charge in [0.05, 0.1) is 0 Å². The third-order valence-electron chi connectivity index (χ3n) is 2.69. The molecular formula is C15H10ClNO. The molecule has 0 spiro atoms. The molecule has 3 rings (SSSR count). The van der Waals surface area contributed by atoms with Crippen LogP contribution in [0.3, 0.4) is 0 Å². The van der Waals surface area contributed by atoms with Gasteiger partial charge in [-0.05, 0) is 12.1 Å². The van der Waals surface area contributed by atoms with Gasteiger partial charge in [0.1, 0.15) is 5.69 Å². The Labute approximate surface area is 110 Å². The Morgan fingerprint density at radius 3 is 2.39 bits per heavy atom. The summed E-state index contributed by atoms with van der Waals surface area (Å²) in [5, 5.41) is 4.76. The maximum atomic E-state index is 5.96. The molecule has 18 heavy (non-hydrogen) atoms. The molecule has 0 radical (unpaired) electrons. The molecule has 2 aromatic carbocycles. The van der Waals surface area contributed by atoms with Crippen LogP contribution >= 0.6 is 11.6 Å². The first-order valence-electron chi connectivity index (χ1n) is 5.61. The molecule has 3 aromatic rings. The standard InChI is InChI=1S/C15H10ClNO/c16-13-8-4-7-12(9-13)14-10-15(18-17-14)11-5-2-1-3-6-11/h1-10H. The molecule has 0 aliphatic carbocycles. The Bertz CT molecular complexity index is 661. The smallest absolute Gasteiger partial charge is 0.167 e. The highest BCUT2D eigenvalue weighted by molar-refractivity contribution is 6.30. The predicted molar refractivity (Wildman–Crippen MR) is 72.4 cm³/mol. The van der Waals surface area contributed by atoms with E-state index in [0.29, 0.717) is 5.02 Å². The summed E-state index contributed by atoms with van der Waals surface area (Å²) in [6.45, 7) is 0. The fraction of sp³-hybridized carbons (Fsp3) is 0. The van der Waals surface area contributed by atoms with Gasteiger partial charge in [-0.1, -0.05) is 59.2 Å². The zero-order valence-electron chi connectivity index (χ0n) is 9.51. The monoisotopic (exact) mass is 255 g/mol. The van der Waals surface area contributed by atoms with Crippen LogP contribution < -0.4 is 0 Å². The topological polar surface area (TPSA) is 26.0 Å². The van der Waals surface area contributed by atoms with Crippen LogP contribution in [-0.4, -0.2) is 5.16 Å². The minimum Gasteiger partial charge on any atom is -0.356 e. The van der Waals surface area contributed by atoms with E-state index >= 15 is 0 Å². The summed E-state index contributed by atoms with van der Waals surface area (Å²) in [6, 6.07) is 19.4. The van der Waals surface area contributed by atoms with Gasteiger partial charge >= 0.3 is 0 Å². The van der Waals surface area contributed by atoms with Crippen molar-refractivity contribution in [2.75, 3.05) is 0 Å². The van der Waals surface area contributed by atoms with Crippen molar-refractivity contribution in [3.8, 4) is 22.6 Å². The zero-order valence-corrected chi connectivity index (χ0v) is 10.3. The highest BCUT2D eigenvalue weighted by Gasteiger charge is 2.08. The molecule has 0 bridgehead atoms. The van der Waals surface area contributed by atoms with E-state index in [1.54, 1.807) is 0 Å². The number of hydrogen-bond donors (Lipinski definition) is 0. The number of benzene rings is 2. The van der Waals surface area contributed by atoms with Crippen molar-refractivity contribution < 1.29 is 4.52 Å². The van der Waals surface area contributed by atoms with Gasteiger partial charge in [-0.25, -0.2) is 0 Å². The molecule has 0 atom stereocenters. The van der Waals surface area contributed by atoms with E-state index < -0.39 is 0 Å². The molecule has 88 valence electrons. The Hall–Kier alpha value is -2.06. The van der Waals surface area contributed by atoms with E-state index in [1.165, 1.54) is 0 Å². The SMILES string of the molecule is Clc1cccc(-c2cc(-c3ccccc3)on2)c1. The molecule has 3 heteroatoms. The van der Waals surface area contributed by atoms with Crippen LogP contribution in [0.25, 0.3) is 22.6 Å². The minimum atomic E-state index is 0.691. The molecular weight excluding hydrogens is 246 g/mol.